The number of likely N-dealkylation sites (N-methyl/N-ethyl adjacent to an activating group) is 1. The fraction of sp³-hybridized carbons (Fsp3) is 0.611. The van der Waals surface area contributed by atoms with E-state index in [2.05, 4.69) is 17.1 Å². The van der Waals surface area contributed by atoms with Gasteiger partial charge in [0.1, 0.15) is 6.10 Å². The van der Waals surface area contributed by atoms with Crippen LogP contribution in [-0.4, -0.2) is 75.0 Å². The maximum atomic E-state index is 12.9. The summed E-state index contributed by atoms with van der Waals surface area (Å²) in [6, 6.07) is 6.40. The van der Waals surface area contributed by atoms with Crippen molar-refractivity contribution in [2.24, 2.45) is 5.73 Å². The molecule has 2 fully saturated rings. The average molecular weight is 397 g/mol. The number of carbonyl (C=O) groups is 1. The van der Waals surface area contributed by atoms with Crippen LogP contribution < -0.4 is 11.1 Å². The number of nitrogens with two attached hydrogens (primary N) is 1. The normalized spacial score (nSPS) is 24.8. The largest absolute Gasteiger partial charge is 0.364 e. The summed E-state index contributed by atoms with van der Waals surface area (Å²) in [6.07, 6.45) is 0.746. The van der Waals surface area contributed by atoms with Crippen LogP contribution in [0.5, 0.6) is 0 Å². The van der Waals surface area contributed by atoms with Crippen LogP contribution in [0.15, 0.2) is 29.2 Å². The molecule has 2 atom stereocenters. The van der Waals surface area contributed by atoms with E-state index in [1.54, 1.807) is 18.2 Å². The minimum atomic E-state index is -3.58. The van der Waals surface area contributed by atoms with E-state index in [-0.39, 0.29) is 16.9 Å². The zero-order valence-corrected chi connectivity index (χ0v) is 16.5. The van der Waals surface area contributed by atoms with Gasteiger partial charge in [0.05, 0.1) is 11.0 Å². The monoisotopic (exact) mass is 396 g/mol. The van der Waals surface area contributed by atoms with E-state index in [4.69, 9.17) is 10.5 Å². The Hall–Kier alpha value is -1.52. The fourth-order valence-electron chi connectivity index (χ4n) is 3.46. The standard InChI is InChI=1S/C18H28N4O4S/c1-2-21-8-10-22(11-9-21)27(24,25)16-5-3-4-14(12-16)20-18(23)17-7-6-15(13-19)26-17/h3-5,12,15,17H,2,6-11,13,19H2,1H3,(H,20,23)/t15-,17+/m1/s1. The molecule has 27 heavy (non-hydrogen) atoms. The third-order valence-electron chi connectivity index (χ3n) is 5.18. The van der Waals surface area contributed by atoms with E-state index >= 15 is 0 Å². The van der Waals surface area contributed by atoms with Crippen molar-refractivity contribution in [1.29, 1.82) is 0 Å². The lowest BCUT2D eigenvalue weighted by atomic mass is 10.2. The van der Waals surface area contributed by atoms with Gasteiger partial charge in [-0.25, -0.2) is 8.42 Å². The number of benzene rings is 1. The highest BCUT2D eigenvalue weighted by Crippen LogP contribution is 2.23. The van der Waals surface area contributed by atoms with Gasteiger partial charge in [0.2, 0.25) is 10.0 Å². The highest BCUT2D eigenvalue weighted by Gasteiger charge is 2.31. The SMILES string of the molecule is CCN1CCN(S(=O)(=O)c2cccc(NC(=O)[C@@H]3CC[C@H](CN)O3)c2)CC1. The Morgan fingerprint density at radius 1 is 1.26 bits per heavy atom. The number of amides is 1. The van der Waals surface area contributed by atoms with Gasteiger partial charge in [0.15, 0.2) is 0 Å². The predicted octanol–water partition coefficient (Wildman–Crippen LogP) is 0.458. The van der Waals surface area contributed by atoms with Crippen LogP contribution in [0, 0.1) is 0 Å². The summed E-state index contributed by atoms with van der Waals surface area (Å²) >= 11 is 0. The third kappa shape index (κ3) is 4.67. The first-order valence-corrected chi connectivity index (χ1v) is 10.9. The lowest BCUT2D eigenvalue weighted by molar-refractivity contribution is -0.126. The summed E-state index contributed by atoms with van der Waals surface area (Å²) in [5, 5.41) is 2.76. The van der Waals surface area contributed by atoms with Crippen LogP contribution in [0.1, 0.15) is 19.8 Å². The highest BCUT2D eigenvalue weighted by molar-refractivity contribution is 7.89. The molecule has 8 nitrogen and oxygen atoms in total. The van der Waals surface area contributed by atoms with Gasteiger partial charge < -0.3 is 20.7 Å². The number of sulfonamides is 1. The first-order valence-electron chi connectivity index (χ1n) is 9.43. The maximum absolute atomic E-state index is 12.9. The molecule has 0 radical (unpaired) electrons. The quantitative estimate of drug-likeness (QED) is 0.724. The first kappa shape index (κ1) is 20.2. The van der Waals surface area contributed by atoms with E-state index in [9.17, 15) is 13.2 Å². The molecule has 9 heteroatoms. The second-order valence-corrected chi connectivity index (χ2v) is 8.85. The fourth-order valence-corrected chi connectivity index (χ4v) is 4.93. The van der Waals surface area contributed by atoms with Crippen molar-refractivity contribution in [1.82, 2.24) is 9.21 Å². The molecule has 1 aromatic rings. The molecule has 0 saturated carbocycles. The van der Waals surface area contributed by atoms with Crippen LogP contribution in [-0.2, 0) is 19.6 Å². The molecule has 2 aliphatic rings. The summed E-state index contributed by atoms with van der Waals surface area (Å²) in [4.78, 5) is 14.8. The molecule has 2 saturated heterocycles. The predicted molar refractivity (Wildman–Crippen MR) is 103 cm³/mol. The van der Waals surface area contributed by atoms with Crippen LogP contribution >= 0.6 is 0 Å². The lowest BCUT2D eigenvalue weighted by Gasteiger charge is -2.33. The molecule has 0 unspecified atom stereocenters. The molecule has 0 aromatic heterocycles. The summed E-state index contributed by atoms with van der Waals surface area (Å²) in [7, 11) is -3.58. The van der Waals surface area contributed by atoms with Crippen LogP contribution in [0.4, 0.5) is 5.69 Å². The number of nitrogens with one attached hydrogen (secondary N) is 1. The Balaban J connectivity index is 1.67. The Labute approximate surface area is 160 Å². The molecule has 0 aliphatic carbocycles. The number of rotatable bonds is 6. The highest BCUT2D eigenvalue weighted by atomic mass is 32.2. The molecule has 150 valence electrons. The molecular weight excluding hydrogens is 368 g/mol. The van der Waals surface area contributed by atoms with Gasteiger partial charge >= 0.3 is 0 Å². The van der Waals surface area contributed by atoms with Crippen molar-refractivity contribution < 1.29 is 17.9 Å². The van der Waals surface area contributed by atoms with E-state index in [0.29, 0.717) is 31.7 Å². The zero-order chi connectivity index (χ0) is 19.4. The molecule has 3 N–H and O–H groups in total. The van der Waals surface area contributed by atoms with E-state index in [1.165, 1.54) is 10.4 Å². The molecule has 0 spiro atoms. The second kappa shape index (κ2) is 8.66. The Morgan fingerprint density at radius 3 is 2.63 bits per heavy atom. The van der Waals surface area contributed by atoms with Gasteiger partial charge in [-0.2, -0.15) is 4.31 Å². The number of ether oxygens (including phenoxy) is 1. The van der Waals surface area contributed by atoms with E-state index in [0.717, 1.165) is 26.1 Å². The number of hydrogen-bond donors (Lipinski definition) is 2. The van der Waals surface area contributed by atoms with Gasteiger partial charge in [-0.1, -0.05) is 13.0 Å². The van der Waals surface area contributed by atoms with Crippen molar-refractivity contribution >= 4 is 21.6 Å². The number of anilines is 1. The average Bonchev–Trinajstić information content (AvgIpc) is 3.18. The van der Waals surface area contributed by atoms with Crippen LogP contribution in [0.2, 0.25) is 0 Å². The summed E-state index contributed by atoms with van der Waals surface area (Å²) in [5.41, 5.74) is 6.03. The number of nitrogens with zero attached hydrogens (tertiary/aromatic N) is 2. The number of piperazine rings is 1. The summed E-state index contributed by atoms with van der Waals surface area (Å²) in [6.45, 7) is 5.79. The van der Waals surface area contributed by atoms with Crippen molar-refractivity contribution in [3.05, 3.63) is 24.3 Å². The Morgan fingerprint density at radius 2 is 2.00 bits per heavy atom. The maximum Gasteiger partial charge on any atom is 0.253 e. The molecule has 1 aromatic carbocycles. The van der Waals surface area contributed by atoms with E-state index < -0.39 is 16.1 Å². The van der Waals surface area contributed by atoms with Crippen LogP contribution in [0.3, 0.4) is 0 Å². The summed E-state index contributed by atoms with van der Waals surface area (Å²) < 4.78 is 32.9. The second-order valence-electron chi connectivity index (χ2n) is 6.92. The molecular formula is C18H28N4O4S. The Bertz CT molecular complexity index is 762. The molecule has 2 aliphatic heterocycles. The van der Waals surface area contributed by atoms with Gasteiger partial charge in [0.25, 0.3) is 5.91 Å². The van der Waals surface area contributed by atoms with Gasteiger partial charge in [-0.3, -0.25) is 4.79 Å². The number of carbonyl (C=O) groups excluding carboxylic acids is 1. The molecule has 0 bridgehead atoms. The van der Waals surface area contributed by atoms with Gasteiger partial charge in [-0.05, 0) is 37.6 Å². The minimum absolute atomic E-state index is 0.0887. The zero-order valence-electron chi connectivity index (χ0n) is 15.6. The van der Waals surface area contributed by atoms with Crippen molar-refractivity contribution in [2.45, 2.75) is 36.9 Å². The number of hydrogen-bond acceptors (Lipinski definition) is 6. The first-order chi connectivity index (χ1) is 12.9. The van der Waals surface area contributed by atoms with Crippen LogP contribution in [0.25, 0.3) is 0 Å². The molecule has 2 heterocycles. The molecule has 1 amide bonds. The van der Waals surface area contributed by atoms with Gasteiger partial charge in [0, 0.05) is 38.4 Å². The van der Waals surface area contributed by atoms with Gasteiger partial charge in [-0.15, -0.1) is 0 Å². The summed E-state index contributed by atoms with van der Waals surface area (Å²) in [5.74, 6) is -0.267. The smallest absolute Gasteiger partial charge is 0.253 e. The third-order valence-corrected chi connectivity index (χ3v) is 7.08. The van der Waals surface area contributed by atoms with Crippen molar-refractivity contribution in [3.63, 3.8) is 0 Å². The Kier molecular flexibility index (Phi) is 6.48. The van der Waals surface area contributed by atoms with E-state index in [1.807, 2.05) is 0 Å². The van der Waals surface area contributed by atoms with Crippen molar-refractivity contribution in [2.75, 3.05) is 44.6 Å². The topological polar surface area (TPSA) is 105 Å². The lowest BCUT2D eigenvalue weighted by Crippen LogP contribution is -2.48. The molecule has 3 rings (SSSR count). The van der Waals surface area contributed by atoms with Crippen molar-refractivity contribution in [3.8, 4) is 0 Å². The minimum Gasteiger partial charge on any atom is -0.364 e.